The molecule has 14 heteroatoms. The number of aliphatic carboxylic acids is 1. The third-order valence-electron chi connectivity index (χ3n) is 5.87. The maximum Gasteiger partial charge on any atom is 0.416 e. The average Bonchev–Trinajstić information content (AvgIpc) is 2.91. The molecule has 0 unspecified atom stereocenters. The van der Waals surface area contributed by atoms with Crippen molar-refractivity contribution in [3.63, 3.8) is 0 Å². The largest absolute Gasteiger partial charge is 0.478 e. The Morgan fingerprint density at radius 1 is 0.690 bits per heavy atom. The van der Waals surface area contributed by atoms with Gasteiger partial charge in [-0.2, -0.15) is 26.3 Å². The van der Waals surface area contributed by atoms with Gasteiger partial charge in [-0.25, -0.2) is 14.4 Å². The molecule has 0 heterocycles. The number of hydrogen-bond donors (Lipinski definition) is 2. The van der Waals surface area contributed by atoms with Gasteiger partial charge in [-0.3, -0.25) is 4.79 Å². The van der Waals surface area contributed by atoms with Crippen molar-refractivity contribution < 1.29 is 60.1 Å². The predicted molar refractivity (Wildman–Crippen MR) is 133 cm³/mol. The number of carboxylic acids is 1. The van der Waals surface area contributed by atoms with Crippen molar-refractivity contribution in [3.05, 3.63) is 100 Å². The van der Waals surface area contributed by atoms with Crippen LogP contribution in [0.4, 0.5) is 32.0 Å². The lowest BCUT2D eigenvalue weighted by atomic mass is 10.1. The number of aryl methyl sites for hydroxylation is 2. The molecule has 222 valence electrons. The van der Waals surface area contributed by atoms with Gasteiger partial charge in [0.2, 0.25) is 12.2 Å². The van der Waals surface area contributed by atoms with Gasteiger partial charge in [0.25, 0.3) is 5.91 Å². The van der Waals surface area contributed by atoms with Crippen LogP contribution in [-0.4, -0.2) is 41.1 Å². The number of rotatable bonds is 8. The third-order valence-corrected chi connectivity index (χ3v) is 5.87. The number of carboxylic acid groups (broad SMARTS) is 1. The summed E-state index contributed by atoms with van der Waals surface area (Å²) in [5.41, 5.74) is -2.37. The second-order valence-corrected chi connectivity index (χ2v) is 8.94. The minimum atomic E-state index is -4.86. The van der Waals surface area contributed by atoms with Gasteiger partial charge < -0.3 is 19.9 Å². The van der Waals surface area contributed by atoms with Crippen molar-refractivity contribution in [2.24, 2.45) is 0 Å². The quantitative estimate of drug-likeness (QED) is 0.248. The second kappa shape index (κ2) is 12.3. The highest BCUT2D eigenvalue weighted by molar-refractivity contribution is 6.01. The number of carbonyl (C=O) groups is 4. The normalized spacial score (nSPS) is 13.0. The lowest BCUT2D eigenvalue weighted by Gasteiger charge is -2.24. The smallest absolute Gasteiger partial charge is 0.416 e. The zero-order valence-corrected chi connectivity index (χ0v) is 21.7. The first-order valence-corrected chi connectivity index (χ1v) is 11.8. The molecule has 0 aliphatic heterocycles. The zero-order chi connectivity index (χ0) is 31.4. The lowest BCUT2D eigenvalue weighted by molar-refractivity contribution is -0.157. The van der Waals surface area contributed by atoms with Crippen LogP contribution in [0.5, 0.6) is 0 Å². The Kier molecular flexibility index (Phi) is 9.29. The average molecular weight is 597 g/mol. The van der Waals surface area contributed by atoms with Crippen LogP contribution >= 0.6 is 0 Å². The summed E-state index contributed by atoms with van der Waals surface area (Å²) in [6, 6.07) is 10.1. The van der Waals surface area contributed by atoms with Crippen molar-refractivity contribution in [2.45, 2.75) is 38.4 Å². The molecule has 0 saturated heterocycles. The molecule has 8 nitrogen and oxygen atoms in total. The van der Waals surface area contributed by atoms with Crippen LogP contribution in [0.15, 0.2) is 66.7 Å². The molecular formula is C28H21F6NO7. The maximum atomic E-state index is 13.2. The fraction of sp³-hybridized carbons (Fsp3) is 0.214. The van der Waals surface area contributed by atoms with Gasteiger partial charge in [0.05, 0.1) is 22.3 Å². The van der Waals surface area contributed by atoms with E-state index in [0.29, 0.717) is 29.8 Å². The first kappa shape index (κ1) is 31.6. The molecule has 0 saturated carbocycles. The molecule has 0 aliphatic rings. The summed E-state index contributed by atoms with van der Waals surface area (Å²) in [5.74, 6) is -6.61. The number of amides is 1. The van der Waals surface area contributed by atoms with Crippen molar-refractivity contribution in [2.75, 3.05) is 5.32 Å². The van der Waals surface area contributed by atoms with E-state index in [-0.39, 0.29) is 5.69 Å². The number of carbonyl (C=O) groups excluding carboxylic acids is 3. The summed E-state index contributed by atoms with van der Waals surface area (Å²) in [4.78, 5) is 50.8. The Balaban J connectivity index is 1.98. The van der Waals surface area contributed by atoms with E-state index in [1.54, 1.807) is 19.9 Å². The summed E-state index contributed by atoms with van der Waals surface area (Å²) in [7, 11) is 0. The van der Waals surface area contributed by atoms with Gasteiger partial charge in [-0.05, 0) is 73.5 Å². The highest BCUT2D eigenvalue weighted by Gasteiger charge is 2.42. The summed E-state index contributed by atoms with van der Waals surface area (Å²) in [5, 5.41) is 12.1. The van der Waals surface area contributed by atoms with Crippen LogP contribution in [0.25, 0.3) is 0 Å². The van der Waals surface area contributed by atoms with Gasteiger partial charge in [-0.1, -0.05) is 18.2 Å². The number of benzene rings is 3. The third kappa shape index (κ3) is 7.86. The Morgan fingerprint density at radius 2 is 1.17 bits per heavy atom. The molecule has 0 bridgehead atoms. The highest BCUT2D eigenvalue weighted by atomic mass is 19.4. The van der Waals surface area contributed by atoms with Crippen LogP contribution in [0, 0.1) is 13.8 Å². The Morgan fingerprint density at radius 3 is 1.60 bits per heavy atom. The molecule has 0 radical (unpaired) electrons. The van der Waals surface area contributed by atoms with E-state index in [0.717, 1.165) is 29.8 Å². The minimum absolute atomic E-state index is 0.0940. The molecule has 3 aromatic carbocycles. The van der Waals surface area contributed by atoms with E-state index in [1.165, 1.54) is 12.1 Å². The first-order chi connectivity index (χ1) is 19.5. The number of ether oxygens (including phenoxy) is 2. The number of anilines is 1. The van der Waals surface area contributed by atoms with E-state index in [2.05, 4.69) is 5.32 Å². The number of nitrogens with one attached hydrogen (secondary N) is 1. The van der Waals surface area contributed by atoms with Crippen molar-refractivity contribution in [3.8, 4) is 0 Å². The topological polar surface area (TPSA) is 119 Å². The van der Waals surface area contributed by atoms with Crippen molar-refractivity contribution >= 4 is 29.5 Å². The van der Waals surface area contributed by atoms with Crippen LogP contribution in [0.3, 0.4) is 0 Å². The van der Waals surface area contributed by atoms with E-state index < -0.39 is 70.6 Å². The van der Waals surface area contributed by atoms with Gasteiger partial charge >= 0.3 is 30.3 Å². The molecule has 0 aromatic heterocycles. The van der Waals surface area contributed by atoms with Gasteiger partial charge in [-0.15, -0.1) is 0 Å². The highest BCUT2D eigenvalue weighted by Crippen LogP contribution is 2.31. The fourth-order valence-electron chi connectivity index (χ4n) is 3.54. The maximum absolute atomic E-state index is 13.2. The standard InChI is InChI=1S/C28H21F6NO7/c1-14-9-10-20(11-15(14)2)35-23(36)21(41-25(39)16-5-3-7-18(12-16)27(29,30)31)22(24(37)38)42-26(40)17-6-4-8-19(13-17)28(32,33)34/h3-13,21-22H,1-2H3,(H,35,36)(H,37,38)/t21-,22-/m0/s1. The van der Waals surface area contributed by atoms with Crippen molar-refractivity contribution in [1.29, 1.82) is 0 Å². The first-order valence-electron chi connectivity index (χ1n) is 11.8. The van der Waals surface area contributed by atoms with Crippen LogP contribution in [-0.2, 0) is 31.4 Å². The van der Waals surface area contributed by atoms with Gasteiger partial charge in [0, 0.05) is 5.69 Å². The molecule has 3 aromatic rings. The lowest BCUT2D eigenvalue weighted by Crippen LogP contribution is -2.48. The van der Waals surface area contributed by atoms with Crippen LogP contribution in [0.1, 0.15) is 43.0 Å². The van der Waals surface area contributed by atoms with Crippen molar-refractivity contribution in [1.82, 2.24) is 0 Å². The van der Waals surface area contributed by atoms with E-state index in [4.69, 9.17) is 9.47 Å². The Bertz CT molecular complexity index is 1520. The van der Waals surface area contributed by atoms with E-state index >= 15 is 0 Å². The molecule has 1 amide bonds. The molecule has 2 atom stereocenters. The summed E-state index contributed by atoms with van der Waals surface area (Å²) in [6.45, 7) is 3.45. The molecular weight excluding hydrogens is 576 g/mol. The molecule has 0 aliphatic carbocycles. The summed E-state index contributed by atoms with van der Waals surface area (Å²) < 4.78 is 88.5. The fourth-order valence-corrected chi connectivity index (χ4v) is 3.54. The van der Waals surface area contributed by atoms with Gasteiger partial charge in [0.15, 0.2) is 0 Å². The zero-order valence-electron chi connectivity index (χ0n) is 21.7. The SMILES string of the molecule is Cc1ccc(NC(=O)[C@@H](OC(=O)c2cccc(C(F)(F)F)c2)[C@H](OC(=O)c2cccc(C(F)(F)F)c2)C(=O)O)cc1C. The monoisotopic (exact) mass is 597 g/mol. The Hall–Kier alpha value is -4.88. The molecule has 0 fully saturated rings. The Labute approximate surface area is 233 Å². The molecule has 3 rings (SSSR count). The summed E-state index contributed by atoms with van der Waals surface area (Å²) >= 11 is 0. The molecule has 0 spiro atoms. The van der Waals surface area contributed by atoms with Crippen LogP contribution in [0.2, 0.25) is 0 Å². The second-order valence-electron chi connectivity index (χ2n) is 8.94. The van der Waals surface area contributed by atoms with Gasteiger partial charge in [0.1, 0.15) is 0 Å². The van der Waals surface area contributed by atoms with Crippen LogP contribution < -0.4 is 5.32 Å². The predicted octanol–water partition coefficient (Wildman–Crippen LogP) is 5.82. The molecule has 2 N–H and O–H groups in total. The minimum Gasteiger partial charge on any atom is -0.478 e. The number of halogens is 6. The summed E-state index contributed by atoms with van der Waals surface area (Å²) in [6.07, 6.45) is -14.9. The number of hydrogen-bond acceptors (Lipinski definition) is 6. The molecule has 42 heavy (non-hydrogen) atoms. The van der Waals surface area contributed by atoms with E-state index in [9.17, 15) is 50.6 Å². The number of alkyl halides is 6. The number of esters is 2. The van der Waals surface area contributed by atoms with E-state index in [1.807, 2.05) is 0 Å².